The van der Waals surface area contributed by atoms with Crippen molar-refractivity contribution < 1.29 is 18.4 Å². The summed E-state index contributed by atoms with van der Waals surface area (Å²) in [5, 5.41) is 1.28. The van der Waals surface area contributed by atoms with Gasteiger partial charge in [-0.15, -0.1) is 23.5 Å². The number of amides is 2. The van der Waals surface area contributed by atoms with E-state index < -0.39 is 22.4 Å². The van der Waals surface area contributed by atoms with Crippen LogP contribution in [0, 0.1) is 11.6 Å². The number of nitrogens with zero attached hydrogens (tertiary/aromatic N) is 2. The van der Waals surface area contributed by atoms with Gasteiger partial charge >= 0.3 is 0 Å². The van der Waals surface area contributed by atoms with E-state index >= 15 is 0 Å². The number of hydrogen-bond acceptors (Lipinski definition) is 4. The molecule has 2 saturated heterocycles. The highest BCUT2D eigenvalue weighted by molar-refractivity contribution is 8.01. The minimum absolute atomic E-state index is 0.136. The SMILES string of the molecule is O=C1CS[C@H](c2ccccc2F)N1N1C(=O)CS[C@H]1c1ccccc1F. The summed E-state index contributed by atoms with van der Waals surface area (Å²) in [5.41, 5.74) is 0.667. The monoisotopic (exact) mass is 392 g/mol. The van der Waals surface area contributed by atoms with Crippen LogP contribution in [-0.2, 0) is 9.59 Å². The number of carbonyl (C=O) groups excluding carboxylic acids is 2. The molecule has 0 N–H and O–H groups in total. The van der Waals surface area contributed by atoms with Gasteiger partial charge in [0.1, 0.15) is 22.4 Å². The predicted molar refractivity (Wildman–Crippen MR) is 96.9 cm³/mol. The summed E-state index contributed by atoms with van der Waals surface area (Å²) in [7, 11) is 0. The van der Waals surface area contributed by atoms with Crippen molar-refractivity contribution in [2.75, 3.05) is 11.5 Å². The number of carbonyl (C=O) groups is 2. The first-order valence-corrected chi connectivity index (χ1v) is 10.0. The predicted octanol–water partition coefficient (Wildman–Crippen LogP) is 3.73. The van der Waals surface area contributed by atoms with Crippen molar-refractivity contribution in [1.29, 1.82) is 0 Å². The smallest absolute Gasteiger partial charge is 0.252 e. The van der Waals surface area contributed by atoms with Crippen molar-refractivity contribution in [1.82, 2.24) is 10.0 Å². The first kappa shape index (κ1) is 17.4. The van der Waals surface area contributed by atoms with Gasteiger partial charge < -0.3 is 0 Å². The fraction of sp³-hybridized carbons (Fsp3) is 0.222. The standard InChI is InChI=1S/C18H14F2N2O2S2/c19-13-7-3-1-5-11(13)17-21(15(23)9-25-17)22-16(24)10-26-18(22)12-6-2-4-8-14(12)20/h1-8,17-18H,9-10H2/t17-,18+. The number of hydrazine groups is 1. The third-order valence-electron chi connectivity index (χ3n) is 4.26. The lowest BCUT2D eigenvalue weighted by molar-refractivity contribution is -0.161. The molecule has 26 heavy (non-hydrogen) atoms. The van der Waals surface area contributed by atoms with Crippen molar-refractivity contribution in [2.45, 2.75) is 10.7 Å². The first-order chi connectivity index (χ1) is 12.6. The summed E-state index contributed by atoms with van der Waals surface area (Å²) in [5.74, 6) is -1.19. The fourth-order valence-electron chi connectivity index (χ4n) is 3.10. The van der Waals surface area contributed by atoms with Gasteiger partial charge in [0.05, 0.1) is 11.5 Å². The molecule has 4 rings (SSSR count). The molecule has 2 heterocycles. The molecule has 4 nitrogen and oxygen atoms in total. The molecule has 8 heteroatoms. The van der Waals surface area contributed by atoms with E-state index in [1.54, 1.807) is 36.4 Å². The maximum absolute atomic E-state index is 14.3. The summed E-state index contributed by atoms with van der Waals surface area (Å²) in [6, 6.07) is 12.4. The van der Waals surface area contributed by atoms with E-state index in [0.717, 1.165) is 0 Å². The molecule has 2 atom stereocenters. The molecule has 2 aliphatic rings. The van der Waals surface area contributed by atoms with Gasteiger partial charge in [0, 0.05) is 11.1 Å². The van der Waals surface area contributed by atoms with E-state index in [2.05, 4.69) is 0 Å². The van der Waals surface area contributed by atoms with Gasteiger partial charge in [0.15, 0.2) is 0 Å². The lowest BCUT2D eigenvalue weighted by Gasteiger charge is -2.36. The van der Waals surface area contributed by atoms with Crippen LogP contribution >= 0.6 is 23.5 Å². The fourth-order valence-corrected chi connectivity index (χ4v) is 5.42. The highest BCUT2D eigenvalue weighted by atomic mass is 32.2. The normalized spacial score (nSPS) is 23.2. The van der Waals surface area contributed by atoms with Crippen molar-refractivity contribution in [2.24, 2.45) is 0 Å². The topological polar surface area (TPSA) is 40.6 Å². The summed E-state index contributed by atoms with van der Waals surface area (Å²) in [4.78, 5) is 25.1. The third-order valence-corrected chi connectivity index (χ3v) is 6.63. The van der Waals surface area contributed by atoms with Gasteiger partial charge in [0.25, 0.3) is 11.8 Å². The molecule has 2 aromatic carbocycles. The van der Waals surface area contributed by atoms with Gasteiger partial charge in [-0.2, -0.15) is 0 Å². The number of halogens is 2. The van der Waals surface area contributed by atoms with Crippen molar-refractivity contribution >= 4 is 35.3 Å². The molecule has 0 saturated carbocycles. The molecule has 0 bridgehead atoms. The van der Waals surface area contributed by atoms with Crippen LogP contribution < -0.4 is 0 Å². The van der Waals surface area contributed by atoms with Crippen LogP contribution in [0.4, 0.5) is 8.78 Å². The largest absolute Gasteiger partial charge is 0.272 e. The van der Waals surface area contributed by atoms with Crippen LogP contribution in [-0.4, -0.2) is 33.3 Å². The minimum Gasteiger partial charge on any atom is -0.272 e. The molecule has 0 aliphatic carbocycles. The molecule has 0 radical (unpaired) electrons. The Bertz CT molecular complexity index is 808. The molecular formula is C18H14F2N2O2S2. The quantitative estimate of drug-likeness (QED) is 0.798. The zero-order valence-corrected chi connectivity index (χ0v) is 15.1. The second-order valence-electron chi connectivity index (χ2n) is 5.85. The molecular weight excluding hydrogens is 378 g/mol. The third kappa shape index (κ3) is 2.87. The average Bonchev–Trinajstić information content (AvgIpc) is 3.18. The number of rotatable bonds is 3. The van der Waals surface area contributed by atoms with Crippen molar-refractivity contribution in [3.05, 3.63) is 71.3 Å². The van der Waals surface area contributed by atoms with Crippen molar-refractivity contribution in [3.63, 3.8) is 0 Å². The minimum atomic E-state index is -0.652. The van der Waals surface area contributed by atoms with Gasteiger partial charge in [-0.1, -0.05) is 36.4 Å². The Kier molecular flexibility index (Phi) is 4.62. The zero-order valence-electron chi connectivity index (χ0n) is 13.5. The van der Waals surface area contributed by atoms with Crippen LogP contribution in [0.1, 0.15) is 21.9 Å². The maximum atomic E-state index is 14.3. The van der Waals surface area contributed by atoms with Gasteiger partial charge in [-0.05, 0) is 12.1 Å². The molecule has 2 aliphatic heterocycles. The van der Waals surface area contributed by atoms with Crippen LogP contribution in [0.5, 0.6) is 0 Å². The van der Waals surface area contributed by atoms with Gasteiger partial charge in [-0.3, -0.25) is 9.59 Å². The Morgan fingerprint density at radius 2 is 1.12 bits per heavy atom. The Morgan fingerprint density at radius 3 is 1.50 bits per heavy atom. The average molecular weight is 392 g/mol. The summed E-state index contributed by atoms with van der Waals surface area (Å²) >= 11 is 2.51. The number of benzene rings is 2. The lowest BCUT2D eigenvalue weighted by atomic mass is 10.2. The molecule has 0 spiro atoms. The summed E-state index contributed by atoms with van der Waals surface area (Å²) < 4.78 is 28.6. The zero-order chi connectivity index (χ0) is 18.3. The summed E-state index contributed by atoms with van der Waals surface area (Å²) in [6.45, 7) is 0. The van der Waals surface area contributed by atoms with Crippen LogP contribution in [0.25, 0.3) is 0 Å². The molecule has 134 valence electrons. The highest BCUT2D eigenvalue weighted by Gasteiger charge is 2.46. The summed E-state index contributed by atoms with van der Waals surface area (Å²) in [6.07, 6.45) is 0. The maximum Gasteiger partial charge on any atom is 0.252 e. The van der Waals surface area contributed by atoms with Gasteiger partial charge in [0.2, 0.25) is 0 Å². The van der Waals surface area contributed by atoms with Gasteiger partial charge in [-0.25, -0.2) is 18.8 Å². The van der Waals surface area contributed by atoms with E-state index in [9.17, 15) is 18.4 Å². The van der Waals surface area contributed by atoms with E-state index in [0.29, 0.717) is 11.1 Å². The Labute approximate surface area is 157 Å². The Balaban J connectivity index is 1.75. The van der Waals surface area contributed by atoms with E-state index in [1.165, 1.54) is 45.7 Å². The van der Waals surface area contributed by atoms with Crippen LogP contribution in [0.15, 0.2) is 48.5 Å². The first-order valence-electron chi connectivity index (χ1n) is 7.94. The molecule has 0 unspecified atom stereocenters. The molecule has 0 aromatic heterocycles. The lowest BCUT2D eigenvalue weighted by Crippen LogP contribution is -2.47. The highest BCUT2D eigenvalue weighted by Crippen LogP contribution is 2.48. The number of thioether (sulfide) groups is 2. The van der Waals surface area contributed by atoms with E-state index in [1.807, 2.05) is 0 Å². The van der Waals surface area contributed by atoms with E-state index in [4.69, 9.17) is 0 Å². The van der Waals surface area contributed by atoms with E-state index in [-0.39, 0.29) is 23.3 Å². The molecule has 2 amide bonds. The Hall–Kier alpha value is -2.06. The molecule has 2 aromatic rings. The van der Waals surface area contributed by atoms with Crippen LogP contribution in [0.2, 0.25) is 0 Å². The second kappa shape index (κ2) is 6.92. The Morgan fingerprint density at radius 1 is 0.731 bits per heavy atom. The second-order valence-corrected chi connectivity index (χ2v) is 7.98. The van der Waals surface area contributed by atoms with Crippen LogP contribution in [0.3, 0.4) is 0 Å². The van der Waals surface area contributed by atoms with Crippen molar-refractivity contribution in [3.8, 4) is 0 Å². The molecule has 2 fully saturated rings. The number of hydrogen-bond donors (Lipinski definition) is 0.